The van der Waals surface area contributed by atoms with Crippen LogP contribution in [0.5, 0.6) is 0 Å². The van der Waals surface area contributed by atoms with E-state index < -0.39 is 0 Å². The maximum Gasteiger partial charge on any atom is 0.193 e. The van der Waals surface area contributed by atoms with Crippen molar-refractivity contribution in [3.8, 4) is 10.8 Å². The number of aromatic nitrogens is 1. The number of thiazole rings is 1. The van der Waals surface area contributed by atoms with Crippen LogP contribution < -0.4 is 0 Å². The van der Waals surface area contributed by atoms with Crippen LogP contribution >= 0.6 is 11.3 Å². The molecule has 0 aliphatic heterocycles. The zero-order valence-corrected chi connectivity index (χ0v) is 15.8. The summed E-state index contributed by atoms with van der Waals surface area (Å²) in [5, 5.41) is 3.85. The van der Waals surface area contributed by atoms with Crippen LogP contribution in [0.1, 0.15) is 42.4 Å². The van der Waals surface area contributed by atoms with Gasteiger partial charge in [-0.15, -0.1) is 11.3 Å². The highest BCUT2D eigenvalue weighted by molar-refractivity contribution is 7.13. The molecule has 2 aromatic heterocycles. The molecule has 26 heavy (non-hydrogen) atoms. The van der Waals surface area contributed by atoms with Crippen LogP contribution in [0.15, 0.2) is 64.4 Å². The Balaban J connectivity index is 1.70. The van der Waals surface area contributed by atoms with Gasteiger partial charge in [-0.25, -0.2) is 4.98 Å². The van der Waals surface area contributed by atoms with E-state index in [9.17, 15) is 4.79 Å². The third-order valence-electron chi connectivity index (χ3n) is 4.30. The van der Waals surface area contributed by atoms with Gasteiger partial charge in [-0.3, -0.25) is 4.79 Å². The zero-order valence-electron chi connectivity index (χ0n) is 14.9. The van der Waals surface area contributed by atoms with Crippen molar-refractivity contribution in [3.05, 3.63) is 76.8 Å². The summed E-state index contributed by atoms with van der Waals surface area (Å²) in [5.74, 6) is 0.754. The highest BCUT2D eigenvalue weighted by atomic mass is 32.1. The van der Waals surface area contributed by atoms with Crippen molar-refractivity contribution in [2.75, 3.05) is 0 Å². The number of nitrogens with zero attached hydrogens (tertiary/aromatic N) is 1. The van der Waals surface area contributed by atoms with E-state index in [1.54, 1.807) is 11.3 Å². The smallest absolute Gasteiger partial charge is 0.193 e. The first-order valence-electron chi connectivity index (χ1n) is 8.51. The van der Waals surface area contributed by atoms with Crippen molar-refractivity contribution in [2.24, 2.45) is 0 Å². The normalized spacial score (nSPS) is 11.8. The van der Waals surface area contributed by atoms with Crippen molar-refractivity contribution in [1.82, 2.24) is 4.98 Å². The Morgan fingerprint density at radius 2 is 1.77 bits per heavy atom. The second kappa shape index (κ2) is 6.22. The second-order valence-corrected chi connectivity index (χ2v) is 8.20. The summed E-state index contributed by atoms with van der Waals surface area (Å²) >= 11 is 1.58. The van der Waals surface area contributed by atoms with Gasteiger partial charge < -0.3 is 4.42 Å². The lowest BCUT2D eigenvalue weighted by atomic mass is 9.93. The summed E-state index contributed by atoms with van der Waals surface area (Å²) in [7, 11) is 0. The summed E-state index contributed by atoms with van der Waals surface area (Å²) in [6, 6.07) is 16.8. The molecule has 0 amide bonds. The molecule has 0 saturated heterocycles. The first-order valence-corrected chi connectivity index (χ1v) is 9.39. The van der Waals surface area contributed by atoms with E-state index in [4.69, 9.17) is 9.40 Å². The first kappa shape index (κ1) is 16.7. The molecule has 3 nitrogen and oxygen atoms in total. The molecular formula is C22H19NO2S. The van der Waals surface area contributed by atoms with Gasteiger partial charge in [0.25, 0.3) is 0 Å². The number of furan rings is 1. The maximum atomic E-state index is 12.6. The van der Waals surface area contributed by atoms with E-state index in [0.29, 0.717) is 11.1 Å². The SMILES string of the molecule is CC(C)(C)c1csc(-c2cc3cc(C(=O)c4ccccc4)ccc3o2)n1. The average Bonchev–Trinajstić information content (AvgIpc) is 3.27. The lowest BCUT2D eigenvalue weighted by molar-refractivity contribution is 0.103. The minimum atomic E-state index is 0.00996. The van der Waals surface area contributed by atoms with Crippen LogP contribution in [0.2, 0.25) is 0 Å². The summed E-state index contributed by atoms with van der Waals surface area (Å²) in [6.45, 7) is 6.43. The summed E-state index contributed by atoms with van der Waals surface area (Å²) in [6.07, 6.45) is 0. The Morgan fingerprint density at radius 3 is 2.46 bits per heavy atom. The summed E-state index contributed by atoms with van der Waals surface area (Å²) in [4.78, 5) is 17.3. The van der Waals surface area contributed by atoms with Gasteiger partial charge in [0.1, 0.15) is 5.58 Å². The van der Waals surface area contributed by atoms with Crippen molar-refractivity contribution in [1.29, 1.82) is 0 Å². The molecule has 0 saturated carbocycles. The van der Waals surface area contributed by atoms with Crippen LogP contribution in [0.3, 0.4) is 0 Å². The summed E-state index contributed by atoms with van der Waals surface area (Å²) < 4.78 is 5.96. The lowest BCUT2D eigenvalue weighted by Crippen LogP contribution is -2.11. The number of hydrogen-bond donors (Lipinski definition) is 0. The van der Waals surface area contributed by atoms with Crippen LogP contribution in [-0.4, -0.2) is 10.8 Å². The Bertz CT molecular complexity index is 1080. The minimum absolute atomic E-state index is 0.00996. The molecule has 4 aromatic rings. The van der Waals surface area contributed by atoms with Crippen LogP contribution in [0.25, 0.3) is 21.7 Å². The lowest BCUT2D eigenvalue weighted by Gasteiger charge is -2.13. The number of ketones is 1. The standard InChI is InChI=1S/C22H19NO2S/c1-22(2,3)19-13-26-21(23-19)18-12-16-11-15(9-10-17(16)25-18)20(24)14-7-5-4-6-8-14/h4-13H,1-3H3. The zero-order chi connectivity index (χ0) is 18.3. The van der Waals surface area contributed by atoms with Gasteiger partial charge in [0, 0.05) is 27.3 Å². The van der Waals surface area contributed by atoms with Gasteiger partial charge in [-0.1, -0.05) is 51.1 Å². The highest BCUT2D eigenvalue weighted by Crippen LogP contribution is 2.33. The van der Waals surface area contributed by atoms with Crippen molar-refractivity contribution in [3.63, 3.8) is 0 Å². The second-order valence-electron chi connectivity index (χ2n) is 7.35. The number of carbonyl (C=O) groups excluding carboxylic acids is 1. The topological polar surface area (TPSA) is 43.1 Å². The molecule has 4 rings (SSSR count). The molecule has 0 fully saturated rings. The quantitative estimate of drug-likeness (QED) is 0.415. The van der Waals surface area contributed by atoms with E-state index in [0.717, 1.165) is 27.4 Å². The van der Waals surface area contributed by atoms with Gasteiger partial charge in [-0.05, 0) is 24.3 Å². The fourth-order valence-corrected chi connectivity index (χ4v) is 3.77. The number of benzene rings is 2. The van der Waals surface area contributed by atoms with Crippen molar-refractivity contribution < 1.29 is 9.21 Å². The van der Waals surface area contributed by atoms with E-state index in [1.165, 1.54) is 0 Å². The number of fused-ring (bicyclic) bond motifs is 1. The van der Waals surface area contributed by atoms with E-state index in [1.807, 2.05) is 54.6 Å². The minimum Gasteiger partial charge on any atom is -0.454 e. The molecule has 0 N–H and O–H groups in total. The number of carbonyl (C=O) groups is 1. The average molecular weight is 361 g/mol. The van der Waals surface area contributed by atoms with Crippen molar-refractivity contribution in [2.45, 2.75) is 26.2 Å². The van der Waals surface area contributed by atoms with Gasteiger partial charge in [0.05, 0.1) is 5.69 Å². The van der Waals surface area contributed by atoms with Gasteiger partial charge in [0.15, 0.2) is 16.6 Å². The fourth-order valence-electron chi connectivity index (χ4n) is 2.78. The van der Waals surface area contributed by atoms with E-state index in [2.05, 4.69) is 26.2 Å². The Hall–Kier alpha value is -2.72. The molecule has 0 atom stereocenters. The predicted molar refractivity (Wildman–Crippen MR) is 106 cm³/mol. The Morgan fingerprint density at radius 1 is 1.00 bits per heavy atom. The predicted octanol–water partition coefficient (Wildman–Crippen LogP) is 6.08. The largest absolute Gasteiger partial charge is 0.454 e. The van der Waals surface area contributed by atoms with Gasteiger partial charge in [-0.2, -0.15) is 0 Å². The summed E-state index contributed by atoms with van der Waals surface area (Å²) in [5.41, 5.74) is 3.17. The van der Waals surface area contributed by atoms with E-state index >= 15 is 0 Å². The van der Waals surface area contributed by atoms with Crippen LogP contribution in [-0.2, 0) is 5.41 Å². The maximum absolute atomic E-state index is 12.6. The molecular weight excluding hydrogens is 342 g/mol. The molecule has 2 aromatic carbocycles. The first-order chi connectivity index (χ1) is 12.4. The van der Waals surface area contributed by atoms with Crippen LogP contribution in [0, 0.1) is 0 Å². The Labute approximate surface area is 156 Å². The molecule has 0 unspecified atom stereocenters. The molecule has 0 radical (unpaired) electrons. The molecule has 130 valence electrons. The molecule has 0 bridgehead atoms. The fraction of sp³-hybridized carbons (Fsp3) is 0.182. The highest BCUT2D eigenvalue weighted by Gasteiger charge is 2.19. The number of hydrogen-bond acceptors (Lipinski definition) is 4. The molecule has 0 aliphatic rings. The van der Waals surface area contributed by atoms with Gasteiger partial charge >= 0.3 is 0 Å². The molecule has 4 heteroatoms. The van der Waals surface area contributed by atoms with Crippen LogP contribution in [0.4, 0.5) is 0 Å². The Kier molecular flexibility index (Phi) is 4.00. The van der Waals surface area contributed by atoms with Gasteiger partial charge in [0.2, 0.25) is 0 Å². The number of rotatable bonds is 3. The third kappa shape index (κ3) is 3.08. The molecule has 0 spiro atoms. The van der Waals surface area contributed by atoms with E-state index in [-0.39, 0.29) is 11.2 Å². The third-order valence-corrected chi connectivity index (χ3v) is 5.15. The van der Waals surface area contributed by atoms with Crippen molar-refractivity contribution >= 4 is 28.1 Å². The molecule has 0 aliphatic carbocycles. The molecule has 2 heterocycles. The monoisotopic (exact) mass is 361 g/mol.